The third-order valence-electron chi connectivity index (χ3n) is 9.70. The molecule has 6 unspecified atom stereocenters. The quantitative estimate of drug-likeness (QED) is 0.0238. The van der Waals surface area contributed by atoms with Crippen molar-refractivity contribution in [2.75, 3.05) is 13.2 Å². The molecule has 52 heavy (non-hydrogen) atoms. The number of hydrogen-bond donors (Lipinski definition) is 6. The van der Waals surface area contributed by atoms with Crippen LogP contribution in [0.25, 0.3) is 0 Å². The average molecular weight is 769 g/mol. The third kappa shape index (κ3) is 22.9. The summed E-state index contributed by atoms with van der Waals surface area (Å²) in [6.07, 6.45) is 13.2. The fraction of sp³-hybridized carbons (Fsp3) is 0.947. The smallest absolute Gasteiger partial charge is 0.462 e. The van der Waals surface area contributed by atoms with Gasteiger partial charge in [0.2, 0.25) is 0 Å². The second-order valence-corrected chi connectivity index (χ2v) is 15.9. The Morgan fingerprint density at radius 1 is 0.519 bits per heavy atom. The first-order valence-corrected chi connectivity index (χ1v) is 21.8. The highest BCUT2D eigenvalue weighted by atomic mass is 31.2. The van der Waals surface area contributed by atoms with E-state index in [0.29, 0.717) is 12.8 Å². The van der Waals surface area contributed by atoms with E-state index in [1.807, 2.05) is 0 Å². The molecule has 0 radical (unpaired) electrons. The number of hydrogen-bond acceptors (Lipinski definition) is 12. The van der Waals surface area contributed by atoms with Crippen LogP contribution in [0.3, 0.4) is 0 Å². The number of unbranched alkanes of at least 4 members (excludes halogenated alkanes) is 21. The fourth-order valence-corrected chi connectivity index (χ4v) is 7.32. The normalized spacial score (nSPS) is 23.6. The van der Waals surface area contributed by atoms with Crippen LogP contribution >= 0.6 is 7.82 Å². The van der Waals surface area contributed by atoms with E-state index in [2.05, 4.69) is 13.8 Å². The summed E-state index contributed by atoms with van der Waals surface area (Å²) in [5, 5.41) is 49.9. The van der Waals surface area contributed by atoms with Crippen LogP contribution in [0.2, 0.25) is 0 Å². The zero-order chi connectivity index (χ0) is 38.6. The van der Waals surface area contributed by atoms with Gasteiger partial charge < -0.3 is 39.9 Å². The Kier molecular flexibility index (Phi) is 28.3. The van der Waals surface area contributed by atoms with Gasteiger partial charge in [-0.1, -0.05) is 149 Å². The van der Waals surface area contributed by atoms with Crippen molar-refractivity contribution in [1.29, 1.82) is 0 Å². The number of ether oxygens (including phenoxy) is 2. The van der Waals surface area contributed by atoms with Gasteiger partial charge in [0, 0.05) is 12.8 Å². The van der Waals surface area contributed by atoms with Crippen LogP contribution in [-0.2, 0) is 32.7 Å². The number of aliphatic hydroxyl groups excluding tert-OH is 5. The molecule has 1 fully saturated rings. The molecule has 1 rings (SSSR count). The molecular formula is C38H73O13P. The Morgan fingerprint density at radius 3 is 1.27 bits per heavy atom. The Morgan fingerprint density at radius 2 is 0.865 bits per heavy atom. The van der Waals surface area contributed by atoms with Crippen molar-refractivity contribution < 1.29 is 63.1 Å². The minimum Gasteiger partial charge on any atom is -0.462 e. The average Bonchev–Trinajstić information content (AvgIpc) is 3.12. The number of aliphatic hydroxyl groups is 5. The van der Waals surface area contributed by atoms with Gasteiger partial charge in [-0.05, 0) is 12.8 Å². The van der Waals surface area contributed by atoms with Crippen molar-refractivity contribution in [3.05, 3.63) is 0 Å². The second kappa shape index (κ2) is 30.1. The van der Waals surface area contributed by atoms with E-state index < -0.39 is 75.7 Å². The highest BCUT2D eigenvalue weighted by Crippen LogP contribution is 2.47. The lowest BCUT2D eigenvalue weighted by molar-refractivity contribution is -0.220. The highest BCUT2D eigenvalue weighted by Gasteiger charge is 2.51. The van der Waals surface area contributed by atoms with Gasteiger partial charge >= 0.3 is 19.8 Å². The number of carbonyl (C=O) groups is 2. The van der Waals surface area contributed by atoms with Crippen molar-refractivity contribution in [2.24, 2.45) is 0 Å². The highest BCUT2D eigenvalue weighted by molar-refractivity contribution is 7.47. The predicted molar refractivity (Wildman–Crippen MR) is 198 cm³/mol. The summed E-state index contributed by atoms with van der Waals surface area (Å²) in [5.74, 6) is -1.09. The van der Waals surface area contributed by atoms with Gasteiger partial charge in [0.25, 0.3) is 0 Å². The Bertz CT molecular complexity index is 938. The molecule has 14 heteroatoms. The molecular weight excluding hydrogens is 695 g/mol. The molecule has 1 aliphatic carbocycles. The molecule has 0 aromatic rings. The second-order valence-electron chi connectivity index (χ2n) is 14.5. The minimum absolute atomic E-state index is 0.103. The van der Waals surface area contributed by atoms with Crippen molar-refractivity contribution in [3.63, 3.8) is 0 Å². The minimum atomic E-state index is -5.10. The first-order chi connectivity index (χ1) is 24.9. The molecule has 6 N–H and O–H groups in total. The van der Waals surface area contributed by atoms with Gasteiger partial charge in [-0.15, -0.1) is 0 Å². The number of phosphoric ester groups is 1. The van der Waals surface area contributed by atoms with Crippen LogP contribution in [0.1, 0.15) is 174 Å². The van der Waals surface area contributed by atoms with Gasteiger partial charge in [-0.25, -0.2) is 4.57 Å². The molecule has 13 nitrogen and oxygen atoms in total. The SMILES string of the molecule is CCCCCCCCCCCCCCCC(=O)OC[C@H](COP(=O)(O)OC1C(O)C(O)C(O)[C@@H](O)C1O)OC(=O)CCCCCCCCCCCC. The van der Waals surface area contributed by atoms with Gasteiger partial charge in [0.15, 0.2) is 6.10 Å². The fourth-order valence-electron chi connectivity index (χ4n) is 6.35. The zero-order valence-electron chi connectivity index (χ0n) is 32.1. The molecule has 1 saturated carbocycles. The molecule has 0 spiro atoms. The summed E-state index contributed by atoms with van der Waals surface area (Å²) in [4.78, 5) is 35.4. The Balaban J connectivity index is 2.51. The standard InChI is InChI=1S/C38H73O13P/c1-3-5-7-9-11-13-15-16-17-19-20-22-24-26-31(39)48-28-30(50-32(40)27-25-23-21-18-14-12-10-8-6-4-2)29-49-52(46,47)51-38-36(44)34(42)33(41)35(43)37(38)45/h30,33-38,41-45H,3-29H2,1-2H3,(H,46,47)/t30-,33?,34-,35?,36?,37?,38?/m1/s1. The van der Waals surface area contributed by atoms with E-state index >= 15 is 0 Å². The number of rotatable bonds is 33. The summed E-state index contributed by atoms with van der Waals surface area (Å²) in [6.45, 7) is 3.26. The van der Waals surface area contributed by atoms with Gasteiger partial charge in [-0.3, -0.25) is 18.6 Å². The molecule has 0 aromatic carbocycles. The summed E-state index contributed by atoms with van der Waals surface area (Å²) < 4.78 is 33.3. The lowest BCUT2D eigenvalue weighted by Gasteiger charge is -2.41. The predicted octanol–water partition coefficient (Wildman–Crippen LogP) is 6.55. The van der Waals surface area contributed by atoms with Gasteiger partial charge in [0.05, 0.1) is 6.61 Å². The third-order valence-corrected chi connectivity index (χ3v) is 10.7. The molecule has 8 atom stereocenters. The number of carbonyl (C=O) groups excluding carboxylic acids is 2. The first-order valence-electron chi connectivity index (χ1n) is 20.3. The molecule has 308 valence electrons. The Labute approximate surface area is 312 Å². The molecule has 0 aliphatic heterocycles. The van der Waals surface area contributed by atoms with E-state index in [0.717, 1.165) is 44.9 Å². The van der Waals surface area contributed by atoms with Crippen LogP contribution in [0, 0.1) is 0 Å². The number of phosphoric acid groups is 1. The van der Waals surface area contributed by atoms with Crippen molar-refractivity contribution in [1.82, 2.24) is 0 Å². The molecule has 0 bridgehead atoms. The van der Waals surface area contributed by atoms with Crippen LogP contribution in [0.5, 0.6) is 0 Å². The summed E-state index contributed by atoms with van der Waals surface area (Å²) >= 11 is 0. The van der Waals surface area contributed by atoms with E-state index in [-0.39, 0.29) is 12.8 Å². The summed E-state index contributed by atoms with van der Waals surface area (Å²) in [7, 11) is -5.10. The maximum atomic E-state index is 12.7. The molecule has 0 amide bonds. The van der Waals surface area contributed by atoms with E-state index in [1.54, 1.807) is 0 Å². The maximum absolute atomic E-state index is 12.7. The monoisotopic (exact) mass is 768 g/mol. The lowest BCUT2D eigenvalue weighted by Crippen LogP contribution is -2.64. The van der Waals surface area contributed by atoms with Crippen molar-refractivity contribution in [3.8, 4) is 0 Å². The van der Waals surface area contributed by atoms with E-state index in [4.69, 9.17) is 18.5 Å². The lowest BCUT2D eigenvalue weighted by atomic mass is 9.85. The van der Waals surface area contributed by atoms with Crippen LogP contribution in [-0.4, -0.2) is 98.3 Å². The topological polar surface area (TPSA) is 210 Å². The van der Waals surface area contributed by atoms with Crippen LogP contribution in [0.4, 0.5) is 0 Å². The zero-order valence-corrected chi connectivity index (χ0v) is 33.0. The van der Waals surface area contributed by atoms with Gasteiger partial charge in [-0.2, -0.15) is 0 Å². The summed E-state index contributed by atoms with van der Waals surface area (Å²) in [6, 6.07) is 0. The van der Waals surface area contributed by atoms with Gasteiger partial charge in [0.1, 0.15) is 43.2 Å². The van der Waals surface area contributed by atoms with E-state index in [1.165, 1.54) is 89.9 Å². The Hall–Kier alpha value is -1.15. The largest absolute Gasteiger partial charge is 0.472 e. The maximum Gasteiger partial charge on any atom is 0.472 e. The summed E-state index contributed by atoms with van der Waals surface area (Å²) in [5.41, 5.74) is 0. The van der Waals surface area contributed by atoms with E-state index in [9.17, 15) is 44.6 Å². The van der Waals surface area contributed by atoms with Crippen molar-refractivity contribution in [2.45, 2.75) is 217 Å². The first kappa shape index (κ1) is 48.9. The molecule has 0 heterocycles. The molecule has 0 aromatic heterocycles. The van der Waals surface area contributed by atoms with Crippen LogP contribution < -0.4 is 0 Å². The number of esters is 2. The molecule has 1 aliphatic rings. The van der Waals surface area contributed by atoms with Crippen LogP contribution in [0.15, 0.2) is 0 Å². The molecule has 0 saturated heterocycles. The van der Waals surface area contributed by atoms with Crippen molar-refractivity contribution >= 4 is 19.8 Å².